The third-order valence-corrected chi connectivity index (χ3v) is 3.37. The van der Waals surface area contributed by atoms with Gasteiger partial charge in [0.25, 0.3) is 0 Å². The van der Waals surface area contributed by atoms with Crippen LogP contribution in [0.4, 0.5) is 5.95 Å². The van der Waals surface area contributed by atoms with E-state index < -0.39 is 0 Å². The van der Waals surface area contributed by atoms with E-state index in [0.29, 0.717) is 6.04 Å². The molecule has 0 aliphatic heterocycles. The molecule has 0 fully saturated rings. The minimum Gasteiger partial charge on any atom is -0.353 e. The van der Waals surface area contributed by atoms with Gasteiger partial charge in [-0.15, -0.1) is 0 Å². The van der Waals surface area contributed by atoms with Crippen molar-refractivity contribution in [2.24, 2.45) is 0 Å². The number of nitrogens with zero attached hydrogens (tertiary/aromatic N) is 3. The van der Waals surface area contributed by atoms with Crippen LogP contribution < -0.4 is 5.32 Å². The van der Waals surface area contributed by atoms with Crippen LogP contribution >= 0.6 is 0 Å². The number of rotatable bonds is 8. The van der Waals surface area contributed by atoms with Crippen molar-refractivity contribution in [3.63, 3.8) is 0 Å². The Balaban J connectivity index is 1.75. The molecule has 2 rings (SSSR count). The van der Waals surface area contributed by atoms with Crippen LogP contribution in [-0.4, -0.2) is 34.1 Å². The van der Waals surface area contributed by atoms with Crippen molar-refractivity contribution in [3.05, 3.63) is 48.3 Å². The summed E-state index contributed by atoms with van der Waals surface area (Å²) in [5.74, 6) is 0.968. The number of hydrogen-bond donors (Lipinski definition) is 1. The van der Waals surface area contributed by atoms with Crippen molar-refractivity contribution in [1.82, 2.24) is 14.5 Å². The maximum atomic E-state index is 4.36. The molecule has 1 aromatic heterocycles. The number of aromatic nitrogens is 2. The molecule has 2 aromatic rings. The molecule has 0 unspecified atom stereocenters. The molecule has 114 valence electrons. The number of aryl methyl sites for hydroxylation is 1. The molecule has 0 saturated carbocycles. The average molecular weight is 286 g/mol. The van der Waals surface area contributed by atoms with Gasteiger partial charge in [0.05, 0.1) is 0 Å². The van der Waals surface area contributed by atoms with Gasteiger partial charge in [0.2, 0.25) is 5.95 Å². The molecule has 1 N–H and O–H groups in total. The van der Waals surface area contributed by atoms with E-state index in [9.17, 15) is 0 Å². The molecule has 0 aliphatic carbocycles. The van der Waals surface area contributed by atoms with Gasteiger partial charge in [0, 0.05) is 31.5 Å². The van der Waals surface area contributed by atoms with E-state index in [-0.39, 0.29) is 0 Å². The summed E-state index contributed by atoms with van der Waals surface area (Å²) < 4.78 is 2.19. The van der Waals surface area contributed by atoms with Crippen molar-refractivity contribution in [2.75, 3.05) is 18.9 Å². The zero-order valence-electron chi connectivity index (χ0n) is 13.3. The Hall–Kier alpha value is -1.81. The molecule has 0 atom stereocenters. The first-order valence-electron chi connectivity index (χ1n) is 7.65. The maximum absolute atomic E-state index is 4.36. The van der Waals surface area contributed by atoms with E-state index in [1.807, 2.05) is 12.4 Å². The first-order chi connectivity index (χ1) is 10.1. The summed E-state index contributed by atoms with van der Waals surface area (Å²) in [5.41, 5.74) is 1.37. The van der Waals surface area contributed by atoms with Gasteiger partial charge in [0.15, 0.2) is 0 Å². The molecule has 4 nitrogen and oxygen atoms in total. The van der Waals surface area contributed by atoms with E-state index in [2.05, 4.69) is 71.0 Å². The minimum absolute atomic E-state index is 0.409. The standard InChI is InChI=1S/C17H26N4/c1-15(2)19-17-18-10-13-21(17)12-7-11-20(3)14-16-8-5-4-6-9-16/h4-6,8-10,13,15H,7,11-12,14H2,1-3H3,(H,18,19). The Morgan fingerprint density at radius 1 is 1.24 bits per heavy atom. The van der Waals surface area contributed by atoms with Gasteiger partial charge in [-0.1, -0.05) is 30.3 Å². The largest absolute Gasteiger partial charge is 0.353 e. The molecular formula is C17H26N4. The van der Waals surface area contributed by atoms with Crippen LogP contribution in [-0.2, 0) is 13.1 Å². The number of imidazole rings is 1. The van der Waals surface area contributed by atoms with Gasteiger partial charge >= 0.3 is 0 Å². The van der Waals surface area contributed by atoms with Gasteiger partial charge in [-0.05, 0) is 39.4 Å². The summed E-state index contributed by atoms with van der Waals surface area (Å²) >= 11 is 0. The molecule has 0 spiro atoms. The molecular weight excluding hydrogens is 260 g/mol. The highest BCUT2D eigenvalue weighted by molar-refractivity contribution is 5.26. The predicted octanol–water partition coefficient (Wildman–Crippen LogP) is 3.23. The molecule has 1 heterocycles. The third-order valence-electron chi connectivity index (χ3n) is 3.37. The molecule has 0 aliphatic rings. The van der Waals surface area contributed by atoms with Gasteiger partial charge < -0.3 is 14.8 Å². The van der Waals surface area contributed by atoms with Crippen molar-refractivity contribution in [3.8, 4) is 0 Å². The van der Waals surface area contributed by atoms with E-state index >= 15 is 0 Å². The fourth-order valence-electron chi connectivity index (χ4n) is 2.37. The lowest BCUT2D eigenvalue weighted by Gasteiger charge is -2.17. The number of nitrogens with one attached hydrogen (secondary N) is 1. The van der Waals surface area contributed by atoms with Gasteiger partial charge in [-0.25, -0.2) is 4.98 Å². The van der Waals surface area contributed by atoms with E-state index in [1.54, 1.807) is 0 Å². The Labute approximate surface area is 127 Å². The number of benzene rings is 1. The molecule has 0 saturated heterocycles. The smallest absolute Gasteiger partial charge is 0.202 e. The molecule has 4 heteroatoms. The van der Waals surface area contributed by atoms with Crippen LogP contribution in [0.15, 0.2) is 42.7 Å². The maximum Gasteiger partial charge on any atom is 0.202 e. The van der Waals surface area contributed by atoms with Crippen LogP contribution in [0.25, 0.3) is 0 Å². The number of hydrogen-bond acceptors (Lipinski definition) is 3. The molecule has 21 heavy (non-hydrogen) atoms. The highest BCUT2D eigenvalue weighted by atomic mass is 15.2. The fraction of sp³-hybridized carbons (Fsp3) is 0.471. The second-order valence-corrected chi connectivity index (χ2v) is 5.82. The lowest BCUT2D eigenvalue weighted by atomic mass is 10.2. The SMILES string of the molecule is CC(C)Nc1nccn1CCCN(C)Cc1ccccc1. The highest BCUT2D eigenvalue weighted by Crippen LogP contribution is 2.08. The lowest BCUT2D eigenvalue weighted by Crippen LogP contribution is -2.21. The van der Waals surface area contributed by atoms with Crippen molar-refractivity contribution < 1.29 is 0 Å². The summed E-state index contributed by atoms with van der Waals surface area (Å²) in [5, 5.41) is 3.37. The molecule has 1 aromatic carbocycles. The van der Waals surface area contributed by atoms with Crippen LogP contribution in [0.3, 0.4) is 0 Å². The zero-order chi connectivity index (χ0) is 15.1. The second-order valence-electron chi connectivity index (χ2n) is 5.82. The van der Waals surface area contributed by atoms with Gasteiger partial charge in [0.1, 0.15) is 0 Å². The van der Waals surface area contributed by atoms with Crippen molar-refractivity contribution in [2.45, 2.75) is 39.4 Å². The number of anilines is 1. The van der Waals surface area contributed by atoms with Gasteiger partial charge in [-0.3, -0.25) is 0 Å². The van der Waals surface area contributed by atoms with Crippen LogP contribution in [0, 0.1) is 0 Å². The van der Waals surface area contributed by atoms with Crippen molar-refractivity contribution in [1.29, 1.82) is 0 Å². The Kier molecular flexibility index (Phi) is 5.81. The van der Waals surface area contributed by atoms with Crippen LogP contribution in [0.1, 0.15) is 25.8 Å². The zero-order valence-corrected chi connectivity index (χ0v) is 13.3. The molecule has 0 radical (unpaired) electrons. The highest BCUT2D eigenvalue weighted by Gasteiger charge is 2.05. The lowest BCUT2D eigenvalue weighted by molar-refractivity contribution is 0.314. The van der Waals surface area contributed by atoms with Crippen LogP contribution in [0.2, 0.25) is 0 Å². The van der Waals surface area contributed by atoms with Crippen molar-refractivity contribution >= 4 is 5.95 Å². The average Bonchev–Trinajstić information content (AvgIpc) is 2.86. The normalized spacial score (nSPS) is 11.3. The van der Waals surface area contributed by atoms with Crippen LogP contribution in [0.5, 0.6) is 0 Å². The predicted molar refractivity (Wildman–Crippen MR) is 88.4 cm³/mol. The first kappa shape index (κ1) is 15.6. The third kappa shape index (κ3) is 5.23. The first-order valence-corrected chi connectivity index (χ1v) is 7.65. The summed E-state index contributed by atoms with van der Waals surface area (Å²) in [6.07, 6.45) is 5.02. The Bertz CT molecular complexity index is 519. The Morgan fingerprint density at radius 2 is 2.00 bits per heavy atom. The Morgan fingerprint density at radius 3 is 2.71 bits per heavy atom. The molecule has 0 bridgehead atoms. The minimum atomic E-state index is 0.409. The fourth-order valence-corrected chi connectivity index (χ4v) is 2.37. The summed E-state index contributed by atoms with van der Waals surface area (Å²) in [4.78, 5) is 6.72. The monoisotopic (exact) mass is 286 g/mol. The topological polar surface area (TPSA) is 33.1 Å². The summed E-state index contributed by atoms with van der Waals surface area (Å²) in [6, 6.07) is 11.0. The summed E-state index contributed by atoms with van der Waals surface area (Å²) in [7, 11) is 2.17. The van der Waals surface area contributed by atoms with E-state index in [1.165, 1.54) is 5.56 Å². The summed E-state index contributed by atoms with van der Waals surface area (Å²) in [6.45, 7) is 7.34. The van der Waals surface area contributed by atoms with E-state index in [4.69, 9.17) is 0 Å². The van der Waals surface area contributed by atoms with Gasteiger partial charge in [-0.2, -0.15) is 0 Å². The second kappa shape index (κ2) is 7.84. The quantitative estimate of drug-likeness (QED) is 0.809. The molecule has 0 amide bonds. The van der Waals surface area contributed by atoms with E-state index in [0.717, 1.165) is 32.0 Å².